The summed E-state index contributed by atoms with van der Waals surface area (Å²) in [6.45, 7) is 18.2. The molecule has 2 rings (SSSR count). The maximum Gasteiger partial charge on any atom is 0.412 e. The molecular weight excluding hydrogens is 368 g/mol. The van der Waals surface area contributed by atoms with E-state index in [1.54, 1.807) is 9.80 Å². The lowest BCUT2D eigenvalue weighted by Crippen LogP contribution is -2.42. The molecule has 0 aliphatic carbocycles. The van der Waals surface area contributed by atoms with Crippen LogP contribution in [0.2, 0.25) is 0 Å². The second-order valence-corrected chi connectivity index (χ2v) is 10.6. The Kier molecular flexibility index (Phi) is 6.26. The average Bonchev–Trinajstić information content (AvgIpc) is 2.96. The van der Waals surface area contributed by atoms with Crippen molar-refractivity contribution >= 4 is 12.2 Å². The van der Waals surface area contributed by atoms with Crippen molar-refractivity contribution in [3.8, 4) is 0 Å². The molecule has 0 N–H and O–H groups in total. The summed E-state index contributed by atoms with van der Waals surface area (Å²) >= 11 is 0. The van der Waals surface area contributed by atoms with Gasteiger partial charge < -0.3 is 9.47 Å². The van der Waals surface area contributed by atoms with Crippen LogP contribution in [0.25, 0.3) is 0 Å². The highest BCUT2D eigenvalue weighted by Crippen LogP contribution is 2.34. The summed E-state index contributed by atoms with van der Waals surface area (Å²) in [4.78, 5) is 28.9. The van der Waals surface area contributed by atoms with Gasteiger partial charge in [0.05, 0.1) is 0 Å². The van der Waals surface area contributed by atoms with Crippen molar-refractivity contribution in [3.05, 3.63) is 35.4 Å². The minimum Gasteiger partial charge on any atom is -0.444 e. The first-order valence-corrected chi connectivity index (χ1v) is 10.2. The molecule has 1 aromatic rings. The first-order chi connectivity index (χ1) is 13.1. The Morgan fingerprint density at radius 2 is 1.14 bits per heavy atom. The summed E-state index contributed by atoms with van der Waals surface area (Å²) in [5.41, 5.74) is 0.831. The monoisotopic (exact) mass is 404 g/mol. The Hall–Kier alpha value is -2.24. The third-order valence-electron chi connectivity index (χ3n) is 4.50. The summed E-state index contributed by atoms with van der Waals surface area (Å²) < 4.78 is 11.2. The van der Waals surface area contributed by atoms with Crippen molar-refractivity contribution in [1.82, 2.24) is 9.80 Å². The largest absolute Gasteiger partial charge is 0.444 e. The van der Waals surface area contributed by atoms with Crippen LogP contribution < -0.4 is 0 Å². The highest BCUT2D eigenvalue weighted by Gasteiger charge is 2.42. The number of benzene rings is 1. The van der Waals surface area contributed by atoms with Crippen molar-refractivity contribution < 1.29 is 19.1 Å². The van der Waals surface area contributed by atoms with Gasteiger partial charge in [-0.1, -0.05) is 45.0 Å². The van der Waals surface area contributed by atoms with Gasteiger partial charge in [-0.2, -0.15) is 0 Å². The fourth-order valence-electron chi connectivity index (χ4n) is 3.17. The number of amides is 2. The summed E-state index contributed by atoms with van der Waals surface area (Å²) in [5, 5.41) is 0. The molecular formula is C23H36N2O4. The van der Waals surface area contributed by atoms with Crippen LogP contribution in [0.1, 0.15) is 79.6 Å². The lowest BCUT2D eigenvalue weighted by atomic mass is 9.86. The molecule has 1 fully saturated rings. The van der Waals surface area contributed by atoms with Gasteiger partial charge in [0.15, 0.2) is 0 Å². The smallest absolute Gasteiger partial charge is 0.412 e. The van der Waals surface area contributed by atoms with Crippen LogP contribution in [0.15, 0.2) is 24.3 Å². The van der Waals surface area contributed by atoms with E-state index < -0.39 is 29.6 Å². The number of hydrogen-bond acceptors (Lipinski definition) is 4. The van der Waals surface area contributed by atoms with E-state index in [9.17, 15) is 9.59 Å². The number of nitrogens with zero attached hydrogens (tertiary/aromatic N) is 2. The van der Waals surface area contributed by atoms with Crippen LogP contribution in [0, 0.1) is 0 Å². The third kappa shape index (κ3) is 6.12. The highest BCUT2D eigenvalue weighted by atomic mass is 16.6. The van der Waals surface area contributed by atoms with Gasteiger partial charge in [-0.25, -0.2) is 9.59 Å². The molecule has 0 unspecified atom stereocenters. The number of hydrogen-bond donors (Lipinski definition) is 0. The van der Waals surface area contributed by atoms with E-state index >= 15 is 0 Å². The Bertz CT molecular complexity index is 700. The Morgan fingerprint density at radius 1 is 0.759 bits per heavy atom. The topological polar surface area (TPSA) is 59.1 Å². The molecule has 1 heterocycles. The van der Waals surface area contributed by atoms with E-state index in [1.165, 1.54) is 5.56 Å². The lowest BCUT2D eigenvalue weighted by Gasteiger charge is -2.33. The van der Waals surface area contributed by atoms with Crippen LogP contribution in [-0.2, 0) is 14.9 Å². The highest BCUT2D eigenvalue weighted by molar-refractivity contribution is 5.74. The zero-order chi connectivity index (χ0) is 22.2. The molecule has 1 aliphatic rings. The quantitative estimate of drug-likeness (QED) is 0.623. The lowest BCUT2D eigenvalue weighted by molar-refractivity contribution is -0.000225. The van der Waals surface area contributed by atoms with Gasteiger partial charge in [0.2, 0.25) is 0 Å². The molecule has 1 aromatic carbocycles. The fourth-order valence-corrected chi connectivity index (χ4v) is 3.17. The Labute approximate surface area is 175 Å². The van der Waals surface area contributed by atoms with E-state index in [1.807, 2.05) is 65.8 Å². The summed E-state index contributed by atoms with van der Waals surface area (Å²) in [6.07, 6.45) is -1.43. The van der Waals surface area contributed by atoms with Gasteiger partial charge in [-0.3, -0.25) is 9.80 Å². The summed E-state index contributed by atoms with van der Waals surface area (Å²) in [7, 11) is 0. The molecule has 0 atom stereocenters. The molecule has 6 heteroatoms. The molecule has 6 nitrogen and oxygen atoms in total. The van der Waals surface area contributed by atoms with Crippen molar-refractivity contribution in [2.45, 2.75) is 85.1 Å². The SMILES string of the molecule is CC(C)(C)OC(=O)N1CCN(C(=O)OC(C)(C)C)C1c1ccc(C(C)(C)C)cc1. The predicted molar refractivity (Wildman–Crippen MR) is 114 cm³/mol. The molecule has 2 amide bonds. The summed E-state index contributed by atoms with van der Waals surface area (Å²) in [5.74, 6) is 0. The second-order valence-electron chi connectivity index (χ2n) is 10.6. The molecule has 29 heavy (non-hydrogen) atoms. The Balaban J connectivity index is 2.38. The summed E-state index contributed by atoms with van der Waals surface area (Å²) in [6, 6.07) is 8.05. The maximum absolute atomic E-state index is 12.8. The van der Waals surface area contributed by atoms with Gasteiger partial charge in [0, 0.05) is 13.1 Å². The van der Waals surface area contributed by atoms with Crippen molar-refractivity contribution in [2.75, 3.05) is 13.1 Å². The predicted octanol–water partition coefficient (Wildman–Crippen LogP) is 5.47. The average molecular weight is 405 g/mol. The van der Waals surface area contributed by atoms with Gasteiger partial charge >= 0.3 is 12.2 Å². The number of carbonyl (C=O) groups is 2. The van der Waals surface area contributed by atoms with Crippen LogP contribution >= 0.6 is 0 Å². The van der Waals surface area contributed by atoms with Gasteiger partial charge in [0.25, 0.3) is 0 Å². The molecule has 0 spiro atoms. The van der Waals surface area contributed by atoms with Gasteiger partial charge in [-0.15, -0.1) is 0 Å². The molecule has 0 radical (unpaired) electrons. The zero-order valence-electron chi connectivity index (χ0n) is 19.3. The second kappa shape index (κ2) is 7.88. The van der Waals surface area contributed by atoms with Gasteiger partial charge in [-0.05, 0) is 58.1 Å². The number of rotatable bonds is 1. The normalized spacial score (nSPS) is 16.2. The van der Waals surface area contributed by atoms with Crippen LogP contribution in [0.3, 0.4) is 0 Å². The van der Waals surface area contributed by atoms with Crippen LogP contribution in [-0.4, -0.2) is 46.3 Å². The molecule has 0 bridgehead atoms. The van der Waals surface area contributed by atoms with Crippen LogP contribution in [0.4, 0.5) is 9.59 Å². The molecule has 162 valence electrons. The first-order valence-electron chi connectivity index (χ1n) is 10.2. The zero-order valence-corrected chi connectivity index (χ0v) is 19.3. The van der Waals surface area contributed by atoms with E-state index in [2.05, 4.69) is 20.8 Å². The fraction of sp³-hybridized carbons (Fsp3) is 0.652. The minimum absolute atomic E-state index is 0.0178. The van der Waals surface area contributed by atoms with Crippen molar-refractivity contribution in [3.63, 3.8) is 0 Å². The number of carbonyl (C=O) groups excluding carboxylic acids is 2. The Morgan fingerprint density at radius 3 is 1.45 bits per heavy atom. The van der Waals surface area contributed by atoms with Crippen LogP contribution in [0.5, 0.6) is 0 Å². The van der Waals surface area contributed by atoms with E-state index in [0.717, 1.165) is 5.56 Å². The molecule has 1 saturated heterocycles. The van der Waals surface area contributed by atoms with E-state index in [4.69, 9.17) is 9.47 Å². The van der Waals surface area contributed by atoms with E-state index in [0.29, 0.717) is 13.1 Å². The molecule has 0 aromatic heterocycles. The van der Waals surface area contributed by atoms with Gasteiger partial charge in [0.1, 0.15) is 17.4 Å². The van der Waals surface area contributed by atoms with Crippen molar-refractivity contribution in [1.29, 1.82) is 0 Å². The standard InChI is InChI=1S/C23H36N2O4/c1-21(2,3)17-12-10-16(11-13-17)18-24(19(26)28-22(4,5)6)14-15-25(18)20(27)29-23(7,8)9/h10-13,18H,14-15H2,1-9H3. The number of ether oxygens (including phenoxy) is 2. The third-order valence-corrected chi connectivity index (χ3v) is 4.50. The van der Waals surface area contributed by atoms with Crippen molar-refractivity contribution in [2.24, 2.45) is 0 Å². The minimum atomic E-state index is -0.614. The first kappa shape index (κ1) is 23.0. The molecule has 1 aliphatic heterocycles. The molecule has 0 saturated carbocycles. The van der Waals surface area contributed by atoms with E-state index in [-0.39, 0.29) is 5.41 Å². The maximum atomic E-state index is 12.8.